The number of piperazine rings is 1. The van der Waals surface area contributed by atoms with Crippen molar-refractivity contribution in [1.82, 2.24) is 14.8 Å². The Morgan fingerprint density at radius 2 is 2.00 bits per heavy atom. The Kier molecular flexibility index (Phi) is 6.52. The molecule has 0 spiro atoms. The molecule has 1 aliphatic heterocycles. The number of H-pyrrole nitrogens is 1. The second-order valence-corrected chi connectivity index (χ2v) is 7.67. The number of hydrogen-bond donors (Lipinski definition) is 3. The Morgan fingerprint density at radius 3 is 2.62 bits per heavy atom. The molecule has 29 heavy (non-hydrogen) atoms. The summed E-state index contributed by atoms with van der Waals surface area (Å²) in [5.74, 6) is -1.06. The third kappa shape index (κ3) is 4.75. The number of aliphatic carboxylic acids is 1. The number of aromatic amines is 1. The van der Waals surface area contributed by atoms with Crippen molar-refractivity contribution >= 4 is 28.5 Å². The fourth-order valence-corrected chi connectivity index (χ4v) is 3.68. The Hall–Kier alpha value is -2.89. The third-order valence-corrected chi connectivity index (χ3v) is 5.35. The zero-order valence-corrected chi connectivity index (χ0v) is 16.8. The van der Waals surface area contributed by atoms with Crippen LogP contribution in [0.5, 0.6) is 0 Å². The van der Waals surface area contributed by atoms with Crippen LogP contribution in [-0.4, -0.2) is 64.5 Å². The molecule has 0 radical (unpaired) electrons. The SMILES string of the molecule is CC(C)C(=O)Nc1ccc2c(C(C(=O)O)N3CCN(CCC#N)CC3)c[nH]c2c1. The molecule has 8 nitrogen and oxygen atoms in total. The number of amides is 1. The van der Waals surface area contributed by atoms with Crippen molar-refractivity contribution in [2.75, 3.05) is 38.0 Å². The van der Waals surface area contributed by atoms with Crippen molar-refractivity contribution in [2.24, 2.45) is 5.92 Å². The number of hydrogen-bond acceptors (Lipinski definition) is 5. The molecule has 0 bridgehead atoms. The lowest BCUT2D eigenvalue weighted by Crippen LogP contribution is -2.49. The predicted molar refractivity (Wildman–Crippen MR) is 110 cm³/mol. The van der Waals surface area contributed by atoms with E-state index < -0.39 is 12.0 Å². The number of carbonyl (C=O) groups excluding carboxylic acids is 1. The first-order valence-electron chi connectivity index (χ1n) is 9.88. The molecule has 2 heterocycles. The summed E-state index contributed by atoms with van der Waals surface area (Å²) in [6.45, 7) is 7.16. The van der Waals surface area contributed by atoms with Gasteiger partial charge in [-0.25, -0.2) is 0 Å². The number of benzene rings is 1. The van der Waals surface area contributed by atoms with Gasteiger partial charge in [0.25, 0.3) is 0 Å². The van der Waals surface area contributed by atoms with Gasteiger partial charge in [-0.2, -0.15) is 5.26 Å². The van der Waals surface area contributed by atoms with E-state index in [1.807, 2.05) is 30.9 Å². The minimum atomic E-state index is -0.881. The number of rotatable bonds is 7. The lowest BCUT2D eigenvalue weighted by molar-refractivity contribution is -0.144. The van der Waals surface area contributed by atoms with Crippen LogP contribution >= 0.6 is 0 Å². The second-order valence-electron chi connectivity index (χ2n) is 7.67. The number of carboxylic acids is 1. The summed E-state index contributed by atoms with van der Waals surface area (Å²) in [5, 5.41) is 22.4. The molecule has 1 aromatic heterocycles. The first-order valence-corrected chi connectivity index (χ1v) is 9.88. The predicted octanol–water partition coefficient (Wildman–Crippen LogP) is 2.42. The minimum absolute atomic E-state index is 0.0613. The van der Waals surface area contributed by atoms with Gasteiger partial charge in [0.1, 0.15) is 6.04 Å². The van der Waals surface area contributed by atoms with Gasteiger partial charge >= 0.3 is 5.97 Å². The average Bonchev–Trinajstić information content (AvgIpc) is 3.10. The van der Waals surface area contributed by atoms with Crippen molar-refractivity contribution in [3.8, 4) is 6.07 Å². The summed E-state index contributed by atoms with van der Waals surface area (Å²) in [6, 6.07) is 6.91. The normalized spacial score (nSPS) is 16.6. The van der Waals surface area contributed by atoms with Gasteiger partial charge in [0.15, 0.2) is 0 Å². The average molecular weight is 397 g/mol. The summed E-state index contributed by atoms with van der Waals surface area (Å²) >= 11 is 0. The van der Waals surface area contributed by atoms with Crippen molar-refractivity contribution in [3.63, 3.8) is 0 Å². The van der Waals surface area contributed by atoms with Crippen LogP contribution in [-0.2, 0) is 9.59 Å². The van der Waals surface area contributed by atoms with Gasteiger partial charge in [-0.15, -0.1) is 0 Å². The maximum atomic E-state index is 12.1. The van der Waals surface area contributed by atoms with Crippen LogP contribution < -0.4 is 5.32 Å². The number of carboxylic acid groups (broad SMARTS) is 1. The molecule has 1 amide bonds. The van der Waals surface area contributed by atoms with E-state index in [2.05, 4.69) is 21.3 Å². The Morgan fingerprint density at radius 1 is 1.28 bits per heavy atom. The Balaban J connectivity index is 1.79. The highest BCUT2D eigenvalue weighted by molar-refractivity contribution is 5.96. The van der Waals surface area contributed by atoms with E-state index in [1.54, 1.807) is 12.3 Å². The zero-order valence-electron chi connectivity index (χ0n) is 16.8. The molecule has 0 saturated carbocycles. The highest BCUT2D eigenvalue weighted by Gasteiger charge is 2.32. The standard InChI is InChI=1S/C21H27N5O3/c1-14(2)20(27)24-15-4-5-16-17(13-23-18(16)12-15)19(21(28)29)26-10-8-25(9-11-26)7-3-6-22/h4-5,12-14,19,23H,3,7-11H2,1-2H3,(H,24,27)(H,28,29). The van der Waals surface area contributed by atoms with Crippen LogP contribution in [0.1, 0.15) is 31.9 Å². The van der Waals surface area contributed by atoms with Gasteiger partial charge in [-0.05, 0) is 12.1 Å². The van der Waals surface area contributed by atoms with Gasteiger partial charge in [0.2, 0.25) is 5.91 Å². The van der Waals surface area contributed by atoms with Crippen LogP contribution in [0.25, 0.3) is 10.9 Å². The second kappa shape index (κ2) is 9.07. The highest BCUT2D eigenvalue weighted by Crippen LogP contribution is 2.31. The first-order chi connectivity index (χ1) is 13.9. The quantitative estimate of drug-likeness (QED) is 0.661. The fourth-order valence-electron chi connectivity index (χ4n) is 3.68. The molecule has 1 saturated heterocycles. The van der Waals surface area contributed by atoms with E-state index in [9.17, 15) is 14.7 Å². The molecular formula is C21H27N5O3. The first kappa shape index (κ1) is 20.8. The van der Waals surface area contributed by atoms with Gasteiger partial charge in [0, 0.05) is 73.4 Å². The number of nitrogens with zero attached hydrogens (tertiary/aromatic N) is 3. The van der Waals surface area contributed by atoms with Crippen LogP contribution in [0.15, 0.2) is 24.4 Å². The van der Waals surface area contributed by atoms with Crippen LogP contribution in [0, 0.1) is 17.2 Å². The maximum Gasteiger partial charge on any atom is 0.325 e. The molecule has 1 aromatic carbocycles. The number of aromatic nitrogens is 1. The smallest absolute Gasteiger partial charge is 0.325 e. The van der Waals surface area contributed by atoms with E-state index in [1.165, 1.54) is 0 Å². The van der Waals surface area contributed by atoms with E-state index in [-0.39, 0.29) is 11.8 Å². The molecule has 2 aromatic rings. The van der Waals surface area contributed by atoms with Crippen LogP contribution in [0.4, 0.5) is 5.69 Å². The van der Waals surface area contributed by atoms with Crippen LogP contribution in [0.2, 0.25) is 0 Å². The van der Waals surface area contributed by atoms with E-state index in [4.69, 9.17) is 5.26 Å². The third-order valence-electron chi connectivity index (χ3n) is 5.35. The molecule has 1 aliphatic rings. The van der Waals surface area contributed by atoms with Gasteiger partial charge < -0.3 is 15.4 Å². The molecule has 1 unspecified atom stereocenters. The monoisotopic (exact) mass is 397 g/mol. The topological polar surface area (TPSA) is 112 Å². The number of nitrogens with one attached hydrogen (secondary N) is 2. The minimum Gasteiger partial charge on any atom is -0.480 e. The van der Waals surface area contributed by atoms with Gasteiger partial charge in [-0.1, -0.05) is 19.9 Å². The van der Waals surface area contributed by atoms with Crippen molar-refractivity contribution < 1.29 is 14.7 Å². The van der Waals surface area contributed by atoms with Crippen molar-refractivity contribution in [3.05, 3.63) is 30.0 Å². The lowest BCUT2D eigenvalue weighted by atomic mass is 10.0. The lowest BCUT2D eigenvalue weighted by Gasteiger charge is -2.37. The molecular weight excluding hydrogens is 370 g/mol. The number of nitriles is 1. The molecule has 1 fully saturated rings. The zero-order chi connectivity index (χ0) is 21.0. The molecule has 8 heteroatoms. The summed E-state index contributed by atoms with van der Waals surface area (Å²) in [5.41, 5.74) is 2.20. The molecule has 1 atom stereocenters. The van der Waals surface area contributed by atoms with E-state index in [0.29, 0.717) is 25.2 Å². The molecule has 0 aliphatic carbocycles. The summed E-state index contributed by atoms with van der Waals surface area (Å²) in [6.07, 6.45) is 2.24. The number of anilines is 1. The molecule has 154 valence electrons. The van der Waals surface area contributed by atoms with Crippen LogP contribution in [0.3, 0.4) is 0 Å². The van der Waals surface area contributed by atoms with Crippen molar-refractivity contribution in [2.45, 2.75) is 26.3 Å². The summed E-state index contributed by atoms with van der Waals surface area (Å²) in [4.78, 5) is 31.4. The Bertz CT molecular complexity index is 922. The largest absolute Gasteiger partial charge is 0.480 e. The maximum absolute atomic E-state index is 12.1. The van der Waals surface area contributed by atoms with E-state index in [0.717, 1.165) is 36.1 Å². The van der Waals surface area contributed by atoms with E-state index >= 15 is 0 Å². The number of carbonyl (C=O) groups is 2. The summed E-state index contributed by atoms with van der Waals surface area (Å²) < 4.78 is 0. The van der Waals surface area contributed by atoms with Gasteiger partial charge in [0.05, 0.1) is 6.07 Å². The fraction of sp³-hybridized carbons (Fsp3) is 0.476. The summed E-state index contributed by atoms with van der Waals surface area (Å²) in [7, 11) is 0. The Labute approximate surface area is 170 Å². The molecule has 3 rings (SSSR count). The number of fused-ring (bicyclic) bond motifs is 1. The van der Waals surface area contributed by atoms with Crippen molar-refractivity contribution in [1.29, 1.82) is 5.26 Å². The van der Waals surface area contributed by atoms with Gasteiger partial charge in [-0.3, -0.25) is 19.4 Å². The highest BCUT2D eigenvalue weighted by atomic mass is 16.4. The molecule has 3 N–H and O–H groups in total.